The van der Waals surface area contributed by atoms with Gasteiger partial charge in [0.2, 0.25) is 0 Å². The van der Waals surface area contributed by atoms with E-state index in [0.29, 0.717) is 0 Å². The highest BCUT2D eigenvalue weighted by Crippen LogP contribution is 2.29. The highest BCUT2D eigenvalue weighted by Gasteiger charge is 2.10. The first-order valence-electron chi connectivity index (χ1n) is 13.4. The Bertz CT molecular complexity index is 1300. The van der Waals surface area contributed by atoms with Gasteiger partial charge in [0.15, 0.2) is 0 Å². The second kappa shape index (κ2) is 14.7. The molecular weight excluding hydrogens is 468 g/mol. The van der Waals surface area contributed by atoms with Crippen LogP contribution in [0.4, 0.5) is 0 Å². The van der Waals surface area contributed by atoms with Crippen LogP contribution < -0.4 is 20.1 Å². The van der Waals surface area contributed by atoms with E-state index >= 15 is 0 Å². The zero-order chi connectivity index (χ0) is 26.4. The number of benzene rings is 4. The van der Waals surface area contributed by atoms with Crippen LogP contribution in [-0.4, -0.2) is 26.3 Å². The van der Waals surface area contributed by atoms with Gasteiger partial charge in [-0.15, -0.1) is 12.8 Å². The van der Waals surface area contributed by atoms with E-state index in [1.807, 2.05) is 12.1 Å². The molecule has 0 aromatic heterocycles. The highest BCUT2D eigenvalue weighted by molar-refractivity contribution is 5.88. The lowest BCUT2D eigenvalue weighted by Crippen LogP contribution is -2.17. The van der Waals surface area contributed by atoms with E-state index in [-0.39, 0.29) is 13.2 Å². The Hall–Kier alpha value is -3.96. The first-order valence-corrected chi connectivity index (χ1v) is 13.4. The minimum Gasteiger partial charge on any atom is -0.481 e. The minimum atomic E-state index is 0.277. The minimum absolute atomic E-state index is 0.277. The fourth-order valence-corrected chi connectivity index (χ4v) is 4.79. The van der Waals surface area contributed by atoms with Crippen LogP contribution >= 0.6 is 0 Å². The molecule has 4 heteroatoms. The average Bonchev–Trinajstić information content (AvgIpc) is 2.96. The van der Waals surface area contributed by atoms with Crippen molar-refractivity contribution < 1.29 is 9.47 Å². The van der Waals surface area contributed by atoms with Crippen LogP contribution in [0, 0.1) is 24.7 Å². The van der Waals surface area contributed by atoms with Crippen molar-refractivity contribution in [3.8, 4) is 36.2 Å². The predicted molar refractivity (Wildman–Crippen MR) is 158 cm³/mol. The molecular formula is C34H36N2O2. The number of unbranched alkanes of at least 4 members (excludes halogenated alkanes) is 3. The molecule has 4 nitrogen and oxygen atoms in total. The molecule has 38 heavy (non-hydrogen) atoms. The Labute approximate surface area is 226 Å². The van der Waals surface area contributed by atoms with Crippen LogP contribution in [0.1, 0.15) is 36.8 Å². The van der Waals surface area contributed by atoms with Crippen LogP contribution in [0.2, 0.25) is 0 Å². The SMILES string of the molecule is C#CCOc1ccc2ccccc2c1CNCCCCCCNCc1c(OCC#C)ccc2ccccc12. The molecule has 0 aliphatic rings. The molecule has 0 unspecified atom stereocenters. The number of ether oxygens (including phenoxy) is 2. The maximum atomic E-state index is 5.81. The van der Waals surface area contributed by atoms with Gasteiger partial charge in [0.25, 0.3) is 0 Å². The number of hydrogen-bond donors (Lipinski definition) is 2. The summed E-state index contributed by atoms with van der Waals surface area (Å²) in [5.74, 6) is 6.85. The standard InChI is InChI=1S/C34H36N2O2/c1-3-23-37-33-19-17-27-13-7-9-15-29(27)31(33)25-35-21-11-5-6-12-22-36-26-32-30-16-10-8-14-28(30)18-20-34(32)38-24-4-2/h1-2,7-10,13-20,35-36H,5-6,11-12,21-26H2. The van der Waals surface area contributed by atoms with E-state index in [1.54, 1.807) is 0 Å². The molecule has 4 aromatic rings. The Balaban J connectivity index is 1.18. The summed E-state index contributed by atoms with van der Waals surface area (Å²) in [5.41, 5.74) is 2.34. The van der Waals surface area contributed by atoms with Gasteiger partial charge in [-0.05, 0) is 59.6 Å². The van der Waals surface area contributed by atoms with Crippen LogP contribution in [0.5, 0.6) is 11.5 Å². The summed E-state index contributed by atoms with van der Waals surface area (Å²) < 4.78 is 11.6. The van der Waals surface area contributed by atoms with Gasteiger partial charge >= 0.3 is 0 Å². The van der Waals surface area contributed by atoms with Gasteiger partial charge < -0.3 is 20.1 Å². The van der Waals surface area contributed by atoms with Gasteiger partial charge in [-0.3, -0.25) is 0 Å². The Kier molecular flexibility index (Phi) is 10.5. The molecule has 0 radical (unpaired) electrons. The largest absolute Gasteiger partial charge is 0.481 e. The van der Waals surface area contributed by atoms with Crippen molar-refractivity contribution in [3.63, 3.8) is 0 Å². The monoisotopic (exact) mass is 504 g/mol. The topological polar surface area (TPSA) is 42.5 Å². The number of rotatable bonds is 15. The Morgan fingerprint density at radius 2 is 1.00 bits per heavy atom. The number of nitrogens with one attached hydrogen (secondary N) is 2. The molecule has 4 aromatic carbocycles. The lowest BCUT2D eigenvalue weighted by Gasteiger charge is -2.14. The van der Waals surface area contributed by atoms with Crippen molar-refractivity contribution in [2.45, 2.75) is 38.8 Å². The van der Waals surface area contributed by atoms with E-state index < -0.39 is 0 Å². The average molecular weight is 505 g/mol. The molecule has 4 rings (SSSR count). The lowest BCUT2D eigenvalue weighted by molar-refractivity contribution is 0.365. The van der Waals surface area contributed by atoms with Crippen molar-refractivity contribution in [2.24, 2.45) is 0 Å². The first kappa shape index (κ1) is 27.1. The Morgan fingerprint density at radius 1 is 0.553 bits per heavy atom. The van der Waals surface area contributed by atoms with Crippen molar-refractivity contribution in [1.29, 1.82) is 0 Å². The molecule has 0 aliphatic carbocycles. The van der Waals surface area contributed by atoms with Crippen molar-refractivity contribution >= 4 is 21.5 Å². The number of terminal acetylenes is 2. The Morgan fingerprint density at radius 3 is 1.45 bits per heavy atom. The molecule has 0 amide bonds. The first-order chi connectivity index (χ1) is 18.8. The summed E-state index contributed by atoms with van der Waals surface area (Å²) in [6, 6.07) is 25.0. The summed E-state index contributed by atoms with van der Waals surface area (Å²) >= 11 is 0. The van der Waals surface area contributed by atoms with Crippen molar-refractivity contribution in [1.82, 2.24) is 10.6 Å². The molecule has 2 N–H and O–H groups in total. The second-order valence-electron chi connectivity index (χ2n) is 9.28. The van der Waals surface area contributed by atoms with Crippen LogP contribution in [-0.2, 0) is 13.1 Å². The third-order valence-electron chi connectivity index (χ3n) is 6.68. The second-order valence-corrected chi connectivity index (χ2v) is 9.28. The van der Waals surface area contributed by atoms with Gasteiger partial charge in [-0.25, -0.2) is 0 Å². The number of hydrogen-bond acceptors (Lipinski definition) is 4. The van der Waals surface area contributed by atoms with E-state index in [0.717, 1.165) is 50.5 Å². The summed E-state index contributed by atoms with van der Waals surface area (Å²) in [4.78, 5) is 0. The van der Waals surface area contributed by atoms with Gasteiger partial charge in [0, 0.05) is 24.2 Å². The van der Waals surface area contributed by atoms with E-state index in [9.17, 15) is 0 Å². The molecule has 0 saturated heterocycles. The van der Waals surface area contributed by atoms with E-state index in [2.05, 4.69) is 83.1 Å². The summed E-state index contributed by atoms with van der Waals surface area (Å²) in [7, 11) is 0. The van der Waals surface area contributed by atoms with Gasteiger partial charge in [-0.1, -0.05) is 85.3 Å². The normalized spacial score (nSPS) is 10.8. The van der Waals surface area contributed by atoms with Gasteiger partial charge in [-0.2, -0.15) is 0 Å². The molecule has 0 aliphatic heterocycles. The van der Waals surface area contributed by atoms with Gasteiger partial charge in [0.1, 0.15) is 24.7 Å². The molecule has 0 atom stereocenters. The fourth-order valence-electron chi connectivity index (χ4n) is 4.79. The smallest absolute Gasteiger partial charge is 0.148 e. The van der Waals surface area contributed by atoms with E-state index in [1.165, 1.54) is 45.5 Å². The lowest BCUT2D eigenvalue weighted by atomic mass is 10.0. The summed E-state index contributed by atoms with van der Waals surface area (Å²) in [6.45, 7) is 4.02. The predicted octanol–water partition coefficient (Wildman–Crippen LogP) is 6.46. The van der Waals surface area contributed by atoms with Crippen LogP contribution in [0.25, 0.3) is 21.5 Å². The quantitative estimate of drug-likeness (QED) is 0.144. The van der Waals surface area contributed by atoms with Crippen LogP contribution in [0.3, 0.4) is 0 Å². The molecule has 0 heterocycles. The maximum Gasteiger partial charge on any atom is 0.148 e. The number of fused-ring (bicyclic) bond motifs is 2. The molecule has 0 fully saturated rings. The zero-order valence-corrected chi connectivity index (χ0v) is 22.0. The van der Waals surface area contributed by atoms with Gasteiger partial charge in [0.05, 0.1) is 0 Å². The summed E-state index contributed by atoms with van der Waals surface area (Å²) in [5, 5.41) is 12.0. The molecule has 0 saturated carbocycles. The molecule has 194 valence electrons. The molecule has 0 bridgehead atoms. The molecule has 0 spiro atoms. The summed E-state index contributed by atoms with van der Waals surface area (Å²) in [6.07, 6.45) is 15.5. The zero-order valence-electron chi connectivity index (χ0n) is 22.0. The third-order valence-corrected chi connectivity index (χ3v) is 6.68. The van der Waals surface area contributed by atoms with Crippen molar-refractivity contribution in [3.05, 3.63) is 83.9 Å². The van der Waals surface area contributed by atoms with Crippen molar-refractivity contribution in [2.75, 3.05) is 26.3 Å². The highest BCUT2D eigenvalue weighted by atomic mass is 16.5. The van der Waals surface area contributed by atoms with Crippen LogP contribution in [0.15, 0.2) is 72.8 Å². The maximum absolute atomic E-state index is 5.81. The third kappa shape index (κ3) is 7.30. The fraction of sp³-hybridized carbons (Fsp3) is 0.294. The van der Waals surface area contributed by atoms with E-state index in [4.69, 9.17) is 22.3 Å².